The maximum atomic E-state index is 5.20. The average molecular weight is 248 g/mol. The minimum Gasteiger partial charge on any atom is -0.472 e. The van der Waals surface area contributed by atoms with Crippen LogP contribution in [0.4, 0.5) is 0 Å². The van der Waals surface area contributed by atoms with Gasteiger partial charge in [0.1, 0.15) is 0 Å². The maximum absolute atomic E-state index is 5.20. The Balaban J connectivity index is 1.71. The van der Waals surface area contributed by atoms with Gasteiger partial charge in [0.2, 0.25) is 0 Å². The van der Waals surface area contributed by atoms with Gasteiger partial charge in [0.15, 0.2) is 0 Å². The summed E-state index contributed by atoms with van der Waals surface area (Å²) in [6.07, 6.45) is 10.4. The molecule has 1 aliphatic heterocycles. The zero-order valence-electron chi connectivity index (χ0n) is 11.3. The molecule has 0 amide bonds. The fourth-order valence-corrected chi connectivity index (χ4v) is 3.63. The van der Waals surface area contributed by atoms with Gasteiger partial charge in [-0.25, -0.2) is 0 Å². The van der Waals surface area contributed by atoms with Crippen LogP contribution < -0.4 is 5.32 Å². The summed E-state index contributed by atoms with van der Waals surface area (Å²) >= 11 is 0. The van der Waals surface area contributed by atoms with Crippen molar-refractivity contribution in [3.8, 4) is 0 Å². The highest BCUT2D eigenvalue weighted by Gasteiger charge is 2.40. The Bertz CT molecular complexity index is 368. The summed E-state index contributed by atoms with van der Waals surface area (Å²) in [4.78, 5) is 2.66. The summed E-state index contributed by atoms with van der Waals surface area (Å²) in [5.41, 5.74) is 1.72. The van der Waals surface area contributed by atoms with Gasteiger partial charge < -0.3 is 9.73 Å². The van der Waals surface area contributed by atoms with Gasteiger partial charge in [0.05, 0.1) is 12.5 Å². The second kappa shape index (κ2) is 5.06. The fraction of sp³-hybridized carbons (Fsp3) is 0.733. The van der Waals surface area contributed by atoms with Gasteiger partial charge >= 0.3 is 0 Å². The van der Waals surface area contributed by atoms with Gasteiger partial charge in [-0.2, -0.15) is 0 Å². The molecular formula is C15H24N2O. The smallest absolute Gasteiger partial charge is 0.0947 e. The molecule has 3 rings (SSSR count). The molecule has 2 aliphatic rings. The number of furan rings is 1. The Labute approximate surface area is 110 Å². The first-order valence-electron chi connectivity index (χ1n) is 7.31. The highest BCUT2D eigenvalue weighted by Crippen LogP contribution is 2.34. The lowest BCUT2D eigenvalue weighted by molar-refractivity contribution is 0.0716. The Morgan fingerprint density at radius 3 is 2.94 bits per heavy atom. The second-order valence-corrected chi connectivity index (χ2v) is 5.97. The summed E-state index contributed by atoms with van der Waals surface area (Å²) in [6.45, 7) is 5.69. The summed E-state index contributed by atoms with van der Waals surface area (Å²) in [5.74, 6) is 0. The van der Waals surface area contributed by atoms with Crippen LogP contribution in [0.25, 0.3) is 0 Å². The minimum absolute atomic E-state index is 0.412. The number of rotatable bonds is 3. The van der Waals surface area contributed by atoms with Crippen LogP contribution >= 0.6 is 0 Å². The van der Waals surface area contributed by atoms with E-state index in [1.165, 1.54) is 44.2 Å². The number of nitrogens with one attached hydrogen (secondary N) is 1. The van der Waals surface area contributed by atoms with Gasteiger partial charge in [0.25, 0.3) is 0 Å². The Morgan fingerprint density at radius 1 is 1.44 bits per heavy atom. The summed E-state index contributed by atoms with van der Waals surface area (Å²) in [5, 5.41) is 3.84. The minimum atomic E-state index is 0.412. The first-order chi connectivity index (χ1) is 8.81. The Hall–Kier alpha value is -0.800. The van der Waals surface area contributed by atoms with Crippen LogP contribution in [0.1, 0.15) is 44.6 Å². The third-order valence-electron chi connectivity index (χ3n) is 4.73. The quantitative estimate of drug-likeness (QED) is 0.891. The first kappa shape index (κ1) is 12.2. The van der Waals surface area contributed by atoms with Gasteiger partial charge in [-0.15, -0.1) is 0 Å². The molecule has 1 aliphatic carbocycles. The van der Waals surface area contributed by atoms with Gasteiger partial charge in [-0.05, 0) is 25.3 Å². The highest BCUT2D eigenvalue weighted by molar-refractivity contribution is 5.08. The van der Waals surface area contributed by atoms with Crippen molar-refractivity contribution < 1.29 is 4.42 Å². The van der Waals surface area contributed by atoms with E-state index < -0.39 is 0 Å². The van der Waals surface area contributed by atoms with Crippen molar-refractivity contribution in [2.75, 3.05) is 13.1 Å². The molecular weight excluding hydrogens is 224 g/mol. The third kappa shape index (κ3) is 2.34. The number of hydrogen-bond acceptors (Lipinski definition) is 3. The molecule has 100 valence electrons. The molecule has 1 N–H and O–H groups in total. The first-order valence-corrected chi connectivity index (χ1v) is 7.31. The third-order valence-corrected chi connectivity index (χ3v) is 4.73. The molecule has 0 bridgehead atoms. The van der Waals surface area contributed by atoms with E-state index in [2.05, 4.69) is 23.2 Å². The average Bonchev–Trinajstić information content (AvgIpc) is 3.02. The maximum Gasteiger partial charge on any atom is 0.0947 e. The zero-order chi connectivity index (χ0) is 12.4. The predicted molar refractivity (Wildman–Crippen MR) is 72.4 cm³/mol. The van der Waals surface area contributed by atoms with E-state index in [0.717, 1.165) is 13.1 Å². The summed E-state index contributed by atoms with van der Waals surface area (Å²) in [6, 6.07) is 2.77. The van der Waals surface area contributed by atoms with Crippen molar-refractivity contribution >= 4 is 0 Å². The van der Waals surface area contributed by atoms with Crippen molar-refractivity contribution in [1.82, 2.24) is 10.2 Å². The van der Waals surface area contributed by atoms with Crippen LogP contribution in [-0.2, 0) is 6.54 Å². The second-order valence-electron chi connectivity index (χ2n) is 5.97. The molecule has 3 nitrogen and oxygen atoms in total. The molecule has 1 spiro atoms. The molecule has 1 aromatic rings. The van der Waals surface area contributed by atoms with E-state index in [1.807, 2.05) is 6.26 Å². The zero-order valence-corrected chi connectivity index (χ0v) is 11.3. The molecule has 1 saturated heterocycles. The molecule has 3 heteroatoms. The standard InChI is InChI=1S/C15H24N2O/c1-2-14-9-16-15(6-3-4-7-15)12-17(14)10-13-5-8-18-11-13/h5,8,11,14,16H,2-4,6-7,9-10,12H2,1H3. The molecule has 2 fully saturated rings. The van der Waals surface area contributed by atoms with Crippen molar-refractivity contribution in [1.29, 1.82) is 0 Å². The topological polar surface area (TPSA) is 28.4 Å². The molecule has 0 radical (unpaired) electrons. The lowest BCUT2D eigenvalue weighted by Crippen LogP contribution is -2.62. The van der Waals surface area contributed by atoms with Crippen molar-refractivity contribution in [3.05, 3.63) is 24.2 Å². The number of hydrogen-bond donors (Lipinski definition) is 1. The molecule has 1 saturated carbocycles. The largest absolute Gasteiger partial charge is 0.472 e. The monoisotopic (exact) mass is 248 g/mol. The molecule has 1 aromatic heterocycles. The van der Waals surface area contributed by atoms with E-state index in [9.17, 15) is 0 Å². The van der Waals surface area contributed by atoms with E-state index in [1.54, 1.807) is 6.26 Å². The van der Waals surface area contributed by atoms with E-state index in [-0.39, 0.29) is 0 Å². The van der Waals surface area contributed by atoms with Gasteiger partial charge in [-0.3, -0.25) is 4.90 Å². The summed E-state index contributed by atoms with van der Waals surface area (Å²) < 4.78 is 5.20. The van der Waals surface area contributed by atoms with E-state index in [4.69, 9.17) is 4.42 Å². The van der Waals surface area contributed by atoms with Crippen molar-refractivity contribution in [2.45, 2.75) is 57.2 Å². The van der Waals surface area contributed by atoms with Crippen LogP contribution in [0, 0.1) is 0 Å². The van der Waals surface area contributed by atoms with Crippen LogP contribution in [-0.4, -0.2) is 29.6 Å². The van der Waals surface area contributed by atoms with Crippen LogP contribution in [0.3, 0.4) is 0 Å². The van der Waals surface area contributed by atoms with Gasteiger partial charge in [-0.1, -0.05) is 19.8 Å². The lowest BCUT2D eigenvalue weighted by atomic mass is 9.91. The highest BCUT2D eigenvalue weighted by atomic mass is 16.3. The SMILES string of the molecule is CCC1CNC2(CCCC2)CN1Cc1ccoc1. The Morgan fingerprint density at radius 2 is 2.28 bits per heavy atom. The fourth-order valence-electron chi connectivity index (χ4n) is 3.63. The molecule has 18 heavy (non-hydrogen) atoms. The van der Waals surface area contributed by atoms with Crippen LogP contribution in [0.15, 0.2) is 23.0 Å². The molecule has 0 aromatic carbocycles. The number of nitrogens with zero attached hydrogens (tertiary/aromatic N) is 1. The van der Waals surface area contributed by atoms with Crippen LogP contribution in [0.5, 0.6) is 0 Å². The van der Waals surface area contributed by atoms with E-state index in [0.29, 0.717) is 11.6 Å². The normalized spacial score (nSPS) is 27.9. The van der Waals surface area contributed by atoms with Crippen molar-refractivity contribution in [2.24, 2.45) is 0 Å². The molecule has 1 unspecified atom stereocenters. The lowest BCUT2D eigenvalue weighted by Gasteiger charge is -2.46. The van der Waals surface area contributed by atoms with Crippen molar-refractivity contribution in [3.63, 3.8) is 0 Å². The van der Waals surface area contributed by atoms with E-state index >= 15 is 0 Å². The number of piperazine rings is 1. The molecule has 2 heterocycles. The predicted octanol–water partition coefficient (Wildman–Crippen LogP) is 2.78. The molecule has 1 atom stereocenters. The van der Waals surface area contributed by atoms with Gasteiger partial charge in [0, 0.05) is 36.8 Å². The van der Waals surface area contributed by atoms with Crippen LogP contribution in [0.2, 0.25) is 0 Å². The summed E-state index contributed by atoms with van der Waals surface area (Å²) in [7, 11) is 0. The Kier molecular flexibility index (Phi) is 3.44.